The molecule has 1 heterocycles. The van der Waals surface area contributed by atoms with E-state index in [9.17, 15) is 14.4 Å². The Labute approximate surface area is 234 Å². The Morgan fingerprint density at radius 3 is 2.49 bits per heavy atom. The van der Waals surface area contributed by atoms with E-state index in [1.54, 1.807) is 36.9 Å². The van der Waals surface area contributed by atoms with Crippen molar-refractivity contribution in [3.05, 3.63) is 58.1 Å². The van der Waals surface area contributed by atoms with Crippen molar-refractivity contribution in [1.29, 1.82) is 0 Å². The van der Waals surface area contributed by atoms with E-state index in [1.807, 2.05) is 25.1 Å². The average molecular weight is 554 g/mol. The van der Waals surface area contributed by atoms with Gasteiger partial charge < -0.3 is 20.3 Å². The van der Waals surface area contributed by atoms with Crippen LogP contribution in [-0.2, 0) is 6.54 Å². The fourth-order valence-corrected chi connectivity index (χ4v) is 4.64. The van der Waals surface area contributed by atoms with Gasteiger partial charge in [0.05, 0.1) is 22.9 Å². The van der Waals surface area contributed by atoms with Crippen molar-refractivity contribution >= 4 is 40.8 Å². The van der Waals surface area contributed by atoms with Crippen LogP contribution in [0.25, 0.3) is 0 Å². The second-order valence-corrected chi connectivity index (χ2v) is 10.6. The summed E-state index contributed by atoms with van der Waals surface area (Å²) >= 11 is 6.47. The van der Waals surface area contributed by atoms with Gasteiger partial charge in [-0.05, 0) is 63.3 Å². The molecular weight excluding hydrogens is 518 g/mol. The normalized spacial score (nSPS) is 15.4. The van der Waals surface area contributed by atoms with Crippen molar-refractivity contribution in [3.63, 3.8) is 0 Å². The number of carbonyl (C=O) groups excluding carboxylic acids is 3. The molecule has 1 aliphatic heterocycles. The number of benzene rings is 2. The van der Waals surface area contributed by atoms with Gasteiger partial charge in [0.1, 0.15) is 5.75 Å². The van der Waals surface area contributed by atoms with Crippen molar-refractivity contribution in [3.8, 4) is 5.75 Å². The van der Waals surface area contributed by atoms with Crippen LogP contribution in [0, 0.1) is 5.92 Å². The number of anilines is 1. The number of urea groups is 1. The first kappa shape index (κ1) is 28.6. The van der Waals surface area contributed by atoms with Gasteiger partial charge in [0.15, 0.2) is 0 Å². The summed E-state index contributed by atoms with van der Waals surface area (Å²) in [5.74, 6) is 0.546. The lowest BCUT2D eigenvalue weighted by Gasteiger charge is -2.35. The fourth-order valence-electron chi connectivity index (χ4n) is 4.42. The highest BCUT2D eigenvalue weighted by molar-refractivity contribution is 6.34. The minimum absolute atomic E-state index is 0.162. The lowest BCUT2D eigenvalue weighted by atomic mass is 10.1. The molecule has 4 rings (SSSR count). The summed E-state index contributed by atoms with van der Waals surface area (Å²) in [6.45, 7) is 9.60. The maximum absolute atomic E-state index is 13.5. The largest absolute Gasteiger partial charge is 0.493 e. The van der Waals surface area contributed by atoms with Crippen molar-refractivity contribution in [2.24, 2.45) is 10.9 Å². The van der Waals surface area contributed by atoms with Crippen molar-refractivity contribution in [2.45, 2.75) is 40.2 Å². The average Bonchev–Trinajstić information content (AvgIpc) is 3.74. The Kier molecular flexibility index (Phi) is 9.59. The Balaban J connectivity index is 1.37. The highest BCUT2D eigenvalue weighted by Gasteiger charge is 2.26. The smallest absolute Gasteiger partial charge is 0.319 e. The van der Waals surface area contributed by atoms with Crippen LogP contribution in [0.2, 0.25) is 5.02 Å². The predicted octanol–water partition coefficient (Wildman–Crippen LogP) is 4.85. The Morgan fingerprint density at radius 1 is 1.08 bits per heavy atom. The molecule has 2 aromatic carbocycles. The molecule has 10 heteroatoms. The third-order valence-corrected chi connectivity index (χ3v) is 6.97. The highest BCUT2D eigenvalue weighted by atomic mass is 35.5. The minimum atomic E-state index is -0.329. The SMILES string of the molecule is CCOc1cc(NC(=O)NCC2CC2)c(Cl)cc1C(=O)N1CCN(Cc2cccc(C(=O)N=C(C)C)c2)CC1. The number of piperazine rings is 1. The monoisotopic (exact) mass is 553 g/mol. The maximum atomic E-state index is 13.5. The number of hydrogen-bond donors (Lipinski definition) is 2. The fraction of sp³-hybridized carbons (Fsp3) is 0.448. The maximum Gasteiger partial charge on any atom is 0.319 e. The molecule has 9 nitrogen and oxygen atoms in total. The van der Waals surface area contributed by atoms with Crippen molar-refractivity contribution < 1.29 is 19.1 Å². The Hall–Kier alpha value is -3.43. The van der Waals surface area contributed by atoms with Gasteiger partial charge in [0.25, 0.3) is 11.8 Å². The Bertz CT molecular complexity index is 1250. The molecule has 0 bridgehead atoms. The summed E-state index contributed by atoms with van der Waals surface area (Å²) in [4.78, 5) is 46.1. The summed E-state index contributed by atoms with van der Waals surface area (Å²) in [6, 6.07) is 10.4. The summed E-state index contributed by atoms with van der Waals surface area (Å²) in [5.41, 5.74) is 3.09. The second-order valence-electron chi connectivity index (χ2n) is 10.2. The number of nitrogens with one attached hydrogen (secondary N) is 2. The van der Waals surface area contributed by atoms with E-state index in [4.69, 9.17) is 16.3 Å². The molecule has 2 aromatic rings. The molecule has 0 aromatic heterocycles. The van der Waals surface area contributed by atoms with E-state index in [0.717, 1.165) is 24.1 Å². The zero-order valence-corrected chi connectivity index (χ0v) is 23.5. The Morgan fingerprint density at radius 2 is 1.82 bits per heavy atom. The summed E-state index contributed by atoms with van der Waals surface area (Å²) in [7, 11) is 0. The highest BCUT2D eigenvalue weighted by Crippen LogP contribution is 2.33. The van der Waals surface area contributed by atoms with E-state index in [0.29, 0.717) is 74.4 Å². The number of rotatable bonds is 9. The van der Waals surface area contributed by atoms with Crippen LogP contribution in [0.4, 0.5) is 10.5 Å². The number of ether oxygens (including phenoxy) is 1. The molecule has 2 aliphatic rings. The first-order valence-corrected chi connectivity index (χ1v) is 13.8. The zero-order chi connectivity index (χ0) is 27.9. The van der Waals surface area contributed by atoms with Gasteiger partial charge in [0, 0.05) is 56.6 Å². The van der Waals surface area contributed by atoms with E-state index >= 15 is 0 Å². The van der Waals surface area contributed by atoms with Crippen LogP contribution in [0.1, 0.15) is 59.9 Å². The van der Waals surface area contributed by atoms with E-state index < -0.39 is 0 Å². The van der Waals surface area contributed by atoms with Crippen LogP contribution in [-0.4, -0.2) is 72.7 Å². The molecule has 1 aliphatic carbocycles. The second kappa shape index (κ2) is 13.1. The molecule has 0 atom stereocenters. The lowest BCUT2D eigenvalue weighted by molar-refractivity contribution is 0.0624. The number of aliphatic imine (C=N–C) groups is 1. The third-order valence-electron chi connectivity index (χ3n) is 6.66. The molecule has 1 saturated carbocycles. The molecule has 0 unspecified atom stereocenters. The van der Waals surface area contributed by atoms with E-state index in [2.05, 4.69) is 20.5 Å². The minimum Gasteiger partial charge on any atom is -0.493 e. The van der Waals surface area contributed by atoms with Crippen LogP contribution in [0.3, 0.4) is 0 Å². The molecule has 2 N–H and O–H groups in total. The van der Waals surface area contributed by atoms with Crippen LogP contribution in [0.5, 0.6) is 5.75 Å². The molecule has 2 fully saturated rings. The molecule has 0 spiro atoms. The van der Waals surface area contributed by atoms with Gasteiger partial charge in [-0.25, -0.2) is 9.79 Å². The molecule has 208 valence electrons. The van der Waals surface area contributed by atoms with Gasteiger partial charge >= 0.3 is 6.03 Å². The first-order valence-electron chi connectivity index (χ1n) is 13.4. The zero-order valence-electron chi connectivity index (χ0n) is 22.8. The van der Waals surface area contributed by atoms with E-state index in [1.165, 1.54) is 0 Å². The molecule has 0 radical (unpaired) electrons. The van der Waals surface area contributed by atoms with Crippen LogP contribution >= 0.6 is 11.6 Å². The van der Waals surface area contributed by atoms with Crippen LogP contribution in [0.15, 0.2) is 41.4 Å². The first-order chi connectivity index (χ1) is 18.7. The van der Waals surface area contributed by atoms with Crippen LogP contribution < -0.4 is 15.4 Å². The number of halogens is 1. The predicted molar refractivity (Wildman–Crippen MR) is 153 cm³/mol. The molecule has 4 amide bonds. The van der Waals surface area contributed by atoms with Gasteiger partial charge in [-0.2, -0.15) is 0 Å². The van der Waals surface area contributed by atoms with Gasteiger partial charge in [-0.15, -0.1) is 0 Å². The summed E-state index contributed by atoms with van der Waals surface area (Å²) in [6.07, 6.45) is 2.28. The third kappa shape index (κ3) is 8.03. The summed E-state index contributed by atoms with van der Waals surface area (Å²) in [5, 5.41) is 5.89. The number of hydrogen-bond acceptors (Lipinski definition) is 5. The van der Waals surface area contributed by atoms with E-state index in [-0.39, 0.29) is 22.9 Å². The number of carbonyl (C=O) groups is 3. The lowest BCUT2D eigenvalue weighted by Crippen LogP contribution is -2.48. The molecular formula is C29H36ClN5O4. The number of amides is 4. The van der Waals surface area contributed by atoms with Crippen molar-refractivity contribution in [1.82, 2.24) is 15.1 Å². The summed E-state index contributed by atoms with van der Waals surface area (Å²) < 4.78 is 5.76. The standard InChI is InChI=1S/C29H36ClN5O4/c1-4-39-26-16-25(33-29(38)31-17-20-8-9-20)24(30)15-23(26)28(37)35-12-10-34(11-13-35)18-21-6-5-7-22(14-21)27(36)32-19(2)3/h5-7,14-16,20H,4,8-13,17-18H2,1-3H3,(H2,31,33,38). The quantitative estimate of drug-likeness (QED) is 0.432. The van der Waals surface area contributed by atoms with Gasteiger partial charge in [-0.3, -0.25) is 14.5 Å². The van der Waals surface area contributed by atoms with Gasteiger partial charge in [0.2, 0.25) is 0 Å². The molecule has 1 saturated heterocycles. The van der Waals surface area contributed by atoms with Gasteiger partial charge in [-0.1, -0.05) is 23.7 Å². The topological polar surface area (TPSA) is 103 Å². The van der Waals surface area contributed by atoms with Crippen molar-refractivity contribution in [2.75, 3.05) is 44.6 Å². The number of nitrogens with zero attached hydrogens (tertiary/aromatic N) is 3. The molecule has 39 heavy (non-hydrogen) atoms.